The van der Waals surface area contributed by atoms with E-state index in [4.69, 9.17) is 5.84 Å². The molecule has 1 aromatic heterocycles. The summed E-state index contributed by atoms with van der Waals surface area (Å²) < 4.78 is 1.64. The van der Waals surface area contributed by atoms with Crippen LogP contribution in [-0.2, 0) is 16.2 Å². The summed E-state index contributed by atoms with van der Waals surface area (Å²) in [5.74, 6) is 4.35. The zero-order valence-electron chi connectivity index (χ0n) is 6.43. The lowest BCUT2D eigenvalue weighted by Gasteiger charge is -2.00. The SMILES string of the molecule is NNOC(=O)CCn1cccn1. The van der Waals surface area contributed by atoms with Gasteiger partial charge in [-0.3, -0.25) is 9.48 Å². The molecule has 0 fully saturated rings. The zero-order valence-corrected chi connectivity index (χ0v) is 6.43. The molecule has 0 aromatic carbocycles. The third kappa shape index (κ3) is 2.69. The molecule has 12 heavy (non-hydrogen) atoms. The Morgan fingerprint density at radius 1 is 1.75 bits per heavy atom. The van der Waals surface area contributed by atoms with Gasteiger partial charge in [-0.05, 0) is 6.07 Å². The predicted molar refractivity (Wildman–Crippen MR) is 40.3 cm³/mol. The van der Waals surface area contributed by atoms with Crippen molar-refractivity contribution in [2.75, 3.05) is 0 Å². The predicted octanol–water partition coefficient (Wildman–Crippen LogP) is -0.805. The summed E-state index contributed by atoms with van der Waals surface area (Å²) in [5.41, 5.74) is 1.82. The number of aromatic nitrogens is 2. The van der Waals surface area contributed by atoms with Crippen molar-refractivity contribution in [2.45, 2.75) is 13.0 Å². The Kier molecular flexibility index (Phi) is 3.24. The van der Waals surface area contributed by atoms with Gasteiger partial charge in [-0.15, -0.1) is 0 Å². The van der Waals surface area contributed by atoms with Crippen LogP contribution in [0.2, 0.25) is 0 Å². The van der Waals surface area contributed by atoms with Crippen LogP contribution in [-0.4, -0.2) is 15.7 Å². The van der Waals surface area contributed by atoms with Crippen LogP contribution in [0.15, 0.2) is 18.5 Å². The van der Waals surface area contributed by atoms with Crippen LogP contribution < -0.4 is 11.4 Å². The number of nitrogens with zero attached hydrogens (tertiary/aromatic N) is 2. The highest BCUT2D eigenvalue weighted by molar-refractivity contribution is 5.68. The van der Waals surface area contributed by atoms with Crippen LogP contribution in [0, 0.1) is 0 Å². The van der Waals surface area contributed by atoms with Gasteiger partial charge in [-0.2, -0.15) is 5.10 Å². The van der Waals surface area contributed by atoms with Gasteiger partial charge >= 0.3 is 5.97 Å². The minimum absolute atomic E-state index is 0.242. The fraction of sp³-hybridized carbons (Fsp3) is 0.333. The van der Waals surface area contributed by atoms with Crippen molar-refractivity contribution in [2.24, 2.45) is 5.84 Å². The molecular weight excluding hydrogens is 160 g/mol. The molecule has 1 rings (SSSR count). The first-order chi connectivity index (χ1) is 5.83. The van der Waals surface area contributed by atoms with Gasteiger partial charge in [0.05, 0.1) is 13.0 Å². The molecule has 0 aliphatic heterocycles. The Morgan fingerprint density at radius 3 is 3.17 bits per heavy atom. The number of hydrazine groups is 1. The highest BCUT2D eigenvalue weighted by Gasteiger charge is 2.01. The molecule has 0 atom stereocenters. The fourth-order valence-electron chi connectivity index (χ4n) is 0.755. The first kappa shape index (κ1) is 8.69. The molecular formula is C6H10N4O2. The van der Waals surface area contributed by atoms with Crippen LogP contribution in [0.4, 0.5) is 0 Å². The number of carbonyl (C=O) groups is 1. The largest absolute Gasteiger partial charge is 0.356 e. The fourth-order valence-corrected chi connectivity index (χ4v) is 0.755. The van der Waals surface area contributed by atoms with E-state index in [0.29, 0.717) is 6.54 Å². The van der Waals surface area contributed by atoms with E-state index in [-0.39, 0.29) is 6.42 Å². The van der Waals surface area contributed by atoms with Crippen molar-refractivity contribution in [3.05, 3.63) is 18.5 Å². The second-order valence-electron chi connectivity index (χ2n) is 2.11. The maximum absolute atomic E-state index is 10.7. The van der Waals surface area contributed by atoms with Crippen molar-refractivity contribution in [1.82, 2.24) is 15.4 Å². The summed E-state index contributed by atoms with van der Waals surface area (Å²) in [5, 5.41) is 3.91. The summed E-state index contributed by atoms with van der Waals surface area (Å²) in [6, 6.07) is 1.78. The quantitative estimate of drug-likeness (QED) is 0.456. The lowest BCUT2D eigenvalue weighted by atomic mass is 10.4. The van der Waals surface area contributed by atoms with E-state index in [2.05, 4.69) is 9.94 Å². The summed E-state index contributed by atoms with van der Waals surface area (Å²) in [6.45, 7) is 0.494. The first-order valence-electron chi connectivity index (χ1n) is 3.45. The van der Waals surface area contributed by atoms with Crippen molar-refractivity contribution >= 4 is 5.97 Å². The van der Waals surface area contributed by atoms with Gasteiger partial charge in [-0.1, -0.05) is 5.59 Å². The van der Waals surface area contributed by atoms with E-state index < -0.39 is 5.97 Å². The molecule has 0 saturated carbocycles. The van der Waals surface area contributed by atoms with Crippen LogP contribution in [0.3, 0.4) is 0 Å². The van der Waals surface area contributed by atoms with Crippen LogP contribution in [0.5, 0.6) is 0 Å². The summed E-state index contributed by atoms with van der Waals surface area (Å²) >= 11 is 0. The average molecular weight is 170 g/mol. The smallest absolute Gasteiger partial charge is 0.328 e. The van der Waals surface area contributed by atoms with Gasteiger partial charge < -0.3 is 4.84 Å². The third-order valence-corrected chi connectivity index (χ3v) is 1.28. The summed E-state index contributed by atoms with van der Waals surface area (Å²) in [7, 11) is 0. The van der Waals surface area contributed by atoms with E-state index >= 15 is 0 Å². The number of nitrogens with one attached hydrogen (secondary N) is 1. The molecule has 66 valence electrons. The number of nitrogens with two attached hydrogens (primary N) is 1. The second kappa shape index (κ2) is 4.47. The molecule has 0 bridgehead atoms. The summed E-state index contributed by atoms with van der Waals surface area (Å²) in [4.78, 5) is 15.0. The molecule has 0 amide bonds. The van der Waals surface area contributed by atoms with Gasteiger partial charge in [0.1, 0.15) is 0 Å². The van der Waals surface area contributed by atoms with Gasteiger partial charge in [0, 0.05) is 12.4 Å². The van der Waals surface area contributed by atoms with E-state index in [1.54, 1.807) is 23.1 Å². The van der Waals surface area contributed by atoms with Crippen molar-refractivity contribution in [3.63, 3.8) is 0 Å². The Hall–Kier alpha value is -1.40. The number of hydrogen-bond acceptors (Lipinski definition) is 5. The second-order valence-corrected chi connectivity index (χ2v) is 2.11. The molecule has 0 saturated heterocycles. The van der Waals surface area contributed by atoms with Gasteiger partial charge in [-0.25, -0.2) is 5.84 Å². The molecule has 0 unspecified atom stereocenters. The molecule has 0 radical (unpaired) electrons. The average Bonchev–Trinajstić information content (AvgIpc) is 2.53. The molecule has 0 spiro atoms. The third-order valence-electron chi connectivity index (χ3n) is 1.28. The topological polar surface area (TPSA) is 82.2 Å². The molecule has 1 aromatic rings. The Labute approximate surface area is 69.2 Å². The number of rotatable bonds is 4. The maximum atomic E-state index is 10.7. The molecule has 1 heterocycles. The normalized spacial score (nSPS) is 9.75. The lowest BCUT2D eigenvalue weighted by Crippen LogP contribution is -2.26. The lowest BCUT2D eigenvalue weighted by molar-refractivity contribution is -0.151. The van der Waals surface area contributed by atoms with Crippen molar-refractivity contribution in [1.29, 1.82) is 0 Å². The number of hydrogen-bond donors (Lipinski definition) is 2. The minimum Gasteiger partial charge on any atom is -0.356 e. The summed E-state index contributed by atoms with van der Waals surface area (Å²) in [6.07, 6.45) is 3.65. The Balaban J connectivity index is 2.22. The molecule has 6 heteroatoms. The molecule has 6 nitrogen and oxygen atoms in total. The van der Waals surface area contributed by atoms with E-state index in [9.17, 15) is 4.79 Å². The highest BCUT2D eigenvalue weighted by Crippen LogP contribution is 1.90. The van der Waals surface area contributed by atoms with E-state index in [1.165, 1.54) is 0 Å². The van der Waals surface area contributed by atoms with Crippen LogP contribution in [0.25, 0.3) is 0 Å². The maximum Gasteiger partial charge on any atom is 0.328 e. The Morgan fingerprint density at radius 2 is 2.58 bits per heavy atom. The number of carbonyl (C=O) groups excluding carboxylic acids is 1. The van der Waals surface area contributed by atoms with Crippen molar-refractivity contribution < 1.29 is 9.63 Å². The molecule has 0 aliphatic rings. The Bertz CT molecular complexity index is 234. The zero-order chi connectivity index (χ0) is 8.81. The van der Waals surface area contributed by atoms with Gasteiger partial charge in [0.2, 0.25) is 0 Å². The monoisotopic (exact) mass is 170 g/mol. The minimum atomic E-state index is -0.409. The number of aryl methyl sites for hydroxylation is 1. The standard InChI is InChI=1S/C6H10N4O2/c7-9-12-6(11)2-5-10-4-1-3-8-10/h1,3-4,9H,2,5,7H2. The van der Waals surface area contributed by atoms with Crippen molar-refractivity contribution in [3.8, 4) is 0 Å². The molecule has 3 N–H and O–H groups in total. The van der Waals surface area contributed by atoms with Gasteiger partial charge in [0.15, 0.2) is 0 Å². The highest BCUT2D eigenvalue weighted by atomic mass is 16.7. The van der Waals surface area contributed by atoms with Crippen LogP contribution in [0.1, 0.15) is 6.42 Å². The van der Waals surface area contributed by atoms with E-state index in [1.807, 2.05) is 5.59 Å². The molecule has 0 aliphatic carbocycles. The van der Waals surface area contributed by atoms with Crippen LogP contribution >= 0.6 is 0 Å². The first-order valence-corrected chi connectivity index (χ1v) is 3.45. The van der Waals surface area contributed by atoms with Gasteiger partial charge in [0.25, 0.3) is 0 Å². The van der Waals surface area contributed by atoms with E-state index in [0.717, 1.165) is 0 Å².